The fraction of sp³-hybridized carbons (Fsp3) is 0.429. The average molecular weight is 238 g/mol. The second-order valence-corrected chi connectivity index (χ2v) is 3.96. The van der Waals surface area contributed by atoms with Gasteiger partial charge in [-0.2, -0.15) is 5.10 Å². The lowest BCUT2D eigenvalue weighted by molar-refractivity contribution is 0.0939. The molecule has 0 N–H and O–H groups in total. The van der Waals surface area contributed by atoms with Crippen LogP contribution in [0.15, 0.2) is 24.4 Å². The highest BCUT2D eigenvalue weighted by molar-refractivity contribution is 6.04. The zero-order valence-corrected chi connectivity index (χ0v) is 9.61. The van der Waals surface area contributed by atoms with Gasteiger partial charge in [-0.05, 0) is 18.0 Å². The predicted octanol–water partition coefficient (Wildman–Crippen LogP) is 3.30. The molecular formula is C14H18N2O. The van der Waals surface area contributed by atoms with Gasteiger partial charge in [0.15, 0.2) is 5.78 Å². The van der Waals surface area contributed by atoms with Gasteiger partial charge in [-0.1, -0.05) is 33.6 Å². The van der Waals surface area contributed by atoms with Crippen LogP contribution in [-0.2, 0) is 0 Å². The van der Waals surface area contributed by atoms with E-state index in [2.05, 4.69) is 5.10 Å². The fourth-order valence-corrected chi connectivity index (χ4v) is 1.70. The second kappa shape index (κ2) is 4.32. The molecule has 0 aromatic carbocycles. The van der Waals surface area contributed by atoms with Crippen molar-refractivity contribution in [1.82, 2.24) is 9.61 Å². The van der Waals surface area contributed by atoms with E-state index < -0.39 is 31.3 Å². The molecule has 3 heteroatoms. The summed E-state index contributed by atoms with van der Waals surface area (Å²) in [6.07, 6.45) is 1.50. The first-order valence-electron chi connectivity index (χ1n) is 9.15. The number of hydrogen-bond acceptors (Lipinski definition) is 2. The third kappa shape index (κ3) is 1.97. The molecule has 3 nitrogen and oxygen atoms in total. The minimum atomic E-state index is -3.39. The SMILES string of the molecule is [2H]C(C)(C)c1nn2ccccc2c1C(=O)C([2H])(C([2H])([2H])[2H])C([2H])([2H])[2H]. The Morgan fingerprint density at radius 1 is 1.47 bits per heavy atom. The number of rotatable bonds is 3. The minimum absolute atomic E-state index is 0.0752. The van der Waals surface area contributed by atoms with Crippen LogP contribution in [0.4, 0.5) is 0 Å². The Bertz CT molecular complexity index is 799. The van der Waals surface area contributed by atoms with Crippen LogP contribution in [0.25, 0.3) is 5.52 Å². The first-order valence-corrected chi connectivity index (χ1v) is 5.15. The molecule has 2 rings (SSSR count). The molecule has 0 bridgehead atoms. The Labute approximate surface area is 113 Å². The van der Waals surface area contributed by atoms with E-state index in [-0.39, 0.29) is 16.8 Å². The van der Waals surface area contributed by atoms with Crippen molar-refractivity contribution in [3.05, 3.63) is 35.7 Å². The van der Waals surface area contributed by atoms with Crippen LogP contribution in [0.3, 0.4) is 0 Å². The second-order valence-electron chi connectivity index (χ2n) is 3.96. The molecule has 0 unspecified atom stereocenters. The standard InChI is InChI=1S/C14H18N2O/c1-9(2)13-12(14(17)10(3)4)11-7-5-6-8-16(11)15-13/h5-10H,1-4H3/i3D3,4D3,9D,10D. The number of carbonyl (C=O) groups excluding carboxylic acids is 1. The summed E-state index contributed by atoms with van der Waals surface area (Å²) in [6, 6.07) is 4.66. The lowest BCUT2D eigenvalue weighted by Crippen LogP contribution is -2.10. The molecule has 0 aliphatic rings. The van der Waals surface area contributed by atoms with Crippen LogP contribution in [0, 0.1) is 5.89 Å². The number of pyridine rings is 1. The lowest BCUT2D eigenvalue weighted by atomic mass is 9.95. The molecular weight excluding hydrogens is 212 g/mol. The van der Waals surface area contributed by atoms with Crippen molar-refractivity contribution in [2.45, 2.75) is 33.4 Å². The van der Waals surface area contributed by atoms with Gasteiger partial charge in [-0.3, -0.25) is 4.79 Å². The van der Waals surface area contributed by atoms with E-state index in [1.54, 1.807) is 12.1 Å². The Hall–Kier alpha value is -1.64. The number of fused-ring (bicyclic) bond motifs is 1. The molecule has 0 aliphatic carbocycles. The van der Waals surface area contributed by atoms with Gasteiger partial charge < -0.3 is 0 Å². The zero-order valence-electron chi connectivity index (χ0n) is 17.6. The zero-order chi connectivity index (χ0) is 19.4. The number of Topliss-reactive ketones (excluding diaryl/α,β-unsaturated/α-hetero) is 1. The van der Waals surface area contributed by atoms with Crippen molar-refractivity contribution in [1.29, 1.82) is 0 Å². The summed E-state index contributed by atoms with van der Waals surface area (Å²) in [7, 11) is 0. The summed E-state index contributed by atoms with van der Waals surface area (Å²) in [5.74, 6) is -6.15. The molecule has 0 saturated heterocycles. The first-order chi connectivity index (χ1) is 11.1. The Kier molecular flexibility index (Phi) is 1.36. The van der Waals surface area contributed by atoms with E-state index in [1.165, 1.54) is 30.6 Å². The molecule has 90 valence electrons. The molecule has 0 radical (unpaired) electrons. The predicted molar refractivity (Wildman–Crippen MR) is 68.4 cm³/mol. The molecule has 0 atom stereocenters. The van der Waals surface area contributed by atoms with Crippen molar-refractivity contribution in [2.75, 3.05) is 0 Å². The summed E-state index contributed by atoms with van der Waals surface area (Å²) >= 11 is 0. The quantitative estimate of drug-likeness (QED) is 0.769. The number of hydrogen-bond donors (Lipinski definition) is 0. The number of nitrogens with zero attached hydrogens (tertiary/aromatic N) is 2. The summed E-state index contributed by atoms with van der Waals surface area (Å²) in [6.45, 7) is -3.88. The molecule has 2 aromatic rings. The third-order valence-electron chi connectivity index (χ3n) is 2.47. The Balaban J connectivity index is 2.87. The van der Waals surface area contributed by atoms with E-state index in [9.17, 15) is 4.79 Å². The van der Waals surface area contributed by atoms with Crippen molar-refractivity contribution in [3.63, 3.8) is 0 Å². The third-order valence-corrected chi connectivity index (χ3v) is 2.47. The molecule has 0 aliphatic heterocycles. The van der Waals surface area contributed by atoms with Gasteiger partial charge in [0.1, 0.15) is 0 Å². The van der Waals surface area contributed by atoms with Crippen LogP contribution in [-0.4, -0.2) is 15.4 Å². The fourth-order valence-electron chi connectivity index (χ4n) is 1.70. The van der Waals surface area contributed by atoms with Crippen molar-refractivity contribution in [2.24, 2.45) is 5.89 Å². The maximum absolute atomic E-state index is 13.1. The van der Waals surface area contributed by atoms with Crippen LogP contribution in [0.5, 0.6) is 0 Å². The smallest absolute Gasteiger partial charge is 0.169 e. The average Bonchev–Trinajstić information content (AvgIpc) is 2.82. The normalized spacial score (nSPS) is 21.3. The van der Waals surface area contributed by atoms with Gasteiger partial charge in [0.25, 0.3) is 0 Å². The summed E-state index contributed by atoms with van der Waals surface area (Å²) in [5, 5.41) is 4.14. The van der Waals surface area contributed by atoms with E-state index >= 15 is 0 Å². The molecule has 17 heavy (non-hydrogen) atoms. The van der Waals surface area contributed by atoms with Gasteiger partial charge in [-0.25, -0.2) is 4.52 Å². The van der Waals surface area contributed by atoms with E-state index in [0.29, 0.717) is 0 Å². The molecule has 0 saturated carbocycles. The first kappa shape index (κ1) is 5.34. The summed E-state index contributed by atoms with van der Waals surface area (Å²) in [5.41, 5.74) is -0.232. The highest BCUT2D eigenvalue weighted by atomic mass is 16.1. The molecule has 2 heterocycles. The van der Waals surface area contributed by atoms with Crippen molar-refractivity contribution in [3.8, 4) is 0 Å². The summed E-state index contributed by atoms with van der Waals surface area (Å²) < 4.78 is 62.6. The van der Waals surface area contributed by atoms with Gasteiger partial charge in [0.05, 0.1) is 16.8 Å². The summed E-state index contributed by atoms with van der Waals surface area (Å²) in [4.78, 5) is 13.1. The molecule has 2 aromatic heterocycles. The highest BCUT2D eigenvalue weighted by Crippen LogP contribution is 2.25. The maximum Gasteiger partial charge on any atom is 0.169 e. The molecule has 0 fully saturated rings. The van der Waals surface area contributed by atoms with E-state index in [0.717, 1.165) is 0 Å². The topological polar surface area (TPSA) is 34.4 Å². The Morgan fingerprint density at radius 2 is 2.24 bits per heavy atom. The van der Waals surface area contributed by atoms with E-state index in [4.69, 9.17) is 11.0 Å². The highest BCUT2D eigenvalue weighted by Gasteiger charge is 2.22. The maximum atomic E-state index is 13.1. The van der Waals surface area contributed by atoms with Crippen LogP contribution < -0.4 is 0 Å². The largest absolute Gasteiger partial charge is 0.294 e. The van der Waals surface area contributed by atoms with E-state index in [1.807, 2.05) is 0 Å². The minimum Gasteiger partial charge on any atom is -0.294 e. The lowest BCUT2D eigenvalue weighted by Gasteiger charge is -2.07. The Morgan fingerprint density at radius 3 is 2.88 bits per heavy atom. The van der Waals surface area contributed by atoms with Gasteiger partial charge in [0.2, 0.25) is 0 Å². The number of carbonyl (C=O) groups is 1. The monoisotopic (exact) mass is 238 g/mol. The number of ketones is 1. The van der Waals surface area contributed by atoms with Crippen LogP contribution in [0.2, 0.25) is 0 Å². The van der Waals surface area contributed by atoms with Gasteiger partial charge in [-0.15, -0.1) is 0 Å². The number of aromatic nitrogens is 2. The van der Waals surface area contributed by atoms with Crippen molar-refractivity contribution >= 4 is 11.3 Å². The van der Waals surface area contributed by atoms with Crippen molar-refractivity contribution < 1.29 is 15.8 Å². The van der Waals surface area contributed by atoms with Crippen LogP contribution >= 0.6 is 0 Å². The van der Waals surface area contributed by atoms with Gasteiger partial charge >= 0.3 is 0 Å². The van der Waals surface area contributed by atoms with Gasteiger partial charge in [0, 0.05) is 23.1 Å². The molecule has 0 amide bonds. The van der Waals surface area contributed by atoms with Crippen LogP contribution in [0.1, 0.15) is 60.5 Å². The molecule has 0 spiro atoms.